The zero-order chi connectivity index (χ0) is 29.8. The Labute approximate surface area is 258 Å². The van der Waals surface area contributed by atoms with Gasteiger partial charge in [-0.25, -0.2) is 0 Å². The summed E-state index contributed by atoms with van der Waals surface area (Å²) in [5, 5.41) is 7.48. The first-order valence-corrected chi connectivity index (χ1v) is 15.4. The van der Waals surface area contributed by atoms with E-state index in [4.69, 9.17) is 0 Å². The number of nitrogens with zero attached hydrogens (tertiary/aromatic N) is 2. The van der Waals surface area contributed by atoms with Crippen LogP contribution < -0.4 is 4.90 Å². The van der Waals surface area contributed by atoms with Gasteiger partial charge in [-0.2, -0.15) is 0 Å². The van der Waals surface area contributed by atoms with Crippen molar-refractivity contribution in [3.63, 3.8) is 0 Å². The summed E-state index contributed by atoms with van der Waals surface area (Å²) in [7, 11) is 0. The first kappa shape index (κ1) is 26.3. The minimum absolute atomic E-state index is 0.0948. The van der Waals surface area contributed by atoms with E-state index in [-0.39, 0.29) is 5.54 Å². The molecule has 8 aromatic rings. The van der Waals surface area contributed by atoms with Crippen molar-refractivity contribution in [3.8, 4) is 11.1 Å². The zero-order valence-corrected chi connectivity index (χ0v) is 25.3. The maximum absolute atomic E-state index is 2.50. The van der Waals surface area contributed by atoms with E-state index < -0.39 is 0 Å². The zero-order valence-electron chi connectivity index (χ0n) is 25.3. The normalized spacial score (nSPS) is 12.0. The van der Waals surface area contributed by atoms with Crippen molar-refractivity contribution >= 4 is 60.4 Å². The third-order valence-corrected chi connectivity index (χ3v) is 8.80. The highest BCUT2D eigenvalue weighted by Gasteiger charge is 2.24. The van der Waals surface area contributed by atoms with Crippen LogP contribution in [0.15, 0.2) is 152 Å². The minimum Gasteiger partial charge on any atom is -0.335 e. The first-order valence-electron chi connectivity index (χ1n) is 15.4. The molecule has 0 aliphatic heterocycles. The van der Waals surface area contributed by atoms with E-state index in [9.17, 15) is 0 Å². The molecule has 0 bridgehead atoms. The second-order valence-electron chi connectivity index (χ2n) is 12.6. The second kappa shape index (κ2) is 10.1. The molecule has 8 rings (SSSR count). The lowest BCUT2D eigenvalue weighted by Crippen LogP contribution is -2.21. The molecular formula is C42H34N2. The molecule has 7 aromatic carbocycles. The average molecular weight is 567 g/mol. The van der Waals surface area contributed by atoms with E-state index in [1.54, 1.807) is 0 Å². The molecule has 0 atom stereocenters. The molecule has 0 aliphatic rings. The van der Waals surface area contributed by atoms with Gasteiger partial charge in [-0.1, -0.05) is 121 Å². The summed E-state index contributed by atoms with van der Waals surface area (Å²) in [6.07, 6.45) is 0. The van der Waals surface area contributed by atoms with Gasteiger partial charge in [-0.3, -0.25) is 0 Å². The van der Waals surface area contributed by atoms with Crippen LogP contribution in [0.3, 0.4) is 0 Å². The van der Waals surface area contributed by atoms with E-state index in [0.717, 1.165) is 17.1 Å². The third-order valence-electron chi connectivity index (χ3n) is 8.80. The van der Waals surface area contributed by atoms with Crippen molar-refractivity contribution in [1.82, 2.24) is 4.57 Å². The van der Waals surface area contributed by atoms with Gasteiger partial charge in [0.2, 0.25) is 0 Å². The quantitative estimate of drug-likeness (QED) is 0.206. The summed E-state index contributed by atoms with van der Waals surface area (Å²) in [5.41, 5.74) is 8.29. The fourth-order valence-corrected chi connectivity index (χ4v) is 6.99. The summed E-state index contributed by atoms with van der Waals surface area (Å²) >= 11 is 0. The Morgan fingerprint density at radius 1 is 0.455 bits per heavy atom. The van der Waals surface area contributed by atoms with Crippen molar-refractivity contribution in [2.24, 2.45) is 0 Å². The number of hydrogen-bond donors (Lipinski definition) is 0. The van der Waals surface area contributed by atoms with E-state index in [0.29, 0.717) is 0 Å². The average Bonchev–Trinajstić information content (AvgIpc) is 3.40. The Hall–Kier alpha value is -5.34. The van der Waals surface area contributed by atoms with Crippen LogP contribution in [-0.2, 0) is 5.54 Å². The molecule has 0 spiro atoms. The van der Waals surface area contributed by atoms with Gasteiger partial charge in [0.25, 0.3) is 0 Å². The molecule has 0 unspecified atom stereocenters. The molecule has 1 heterocycles. The van der Waals surface area contributed by atoms with E-state index >= 15 is 0 Å². The summed E-state index contributed by atoms with van der Waals surface area (Å²) < 4.78 is 2.50. The predicted octanol–water partition coefficient (Wildman–Crippen LogP) is 12.0. The van der Waals surface area contributed by atoms with E-state index in [1.807, 2.05) is 0 Å². The predicted molar refractivity (Wildman–Crippen MR) is 190 cm³/mol. The van der Waals surface area contributed by atoms with Crippen molar-refractivity contribution in [2.75, 3.05) is 4.90 Å². The largest absolute Gasteiger partial charge is 0.335 e. The van der Waals surface area contributed by atoms with Gasteiger partial charge in [-0.05, 0) is 72.8 Å². The highest BCUT2D eigenvalue weighted by molar-refractivity contribution is 6.11. The Kier molecular flexibility index (Phi) is 6.06. The van der Waals surface area contributed by atoms with Crippen molar-refractivity contribution < 1.29 is 0 Å². The number of fused-ring (bicyclic) bond motifs is 5. The fraction of sp³-hybridized carbons (Fsp3) is 0.0952. The summed E-state index contributed by atoms with van der Waals surface area (Å²) in [6, 6.07) is 55.3. The van der Waals surface area contributed by atoms with Gasteiger partial charge in [-0.15, -0.1) is 0 Å². The molecule has 0 saturated carbocycles. The number of aromatic nitrogens is 1. The fourth-order valence-electron chi connectivity index (χ4n) is 6.99. The van der Waals surface area contributed by atoms with Crippen molar-refractivity contribution in [2.45, 2.75) is 26.3 Å². The monoisotopic (exact) mass is 566 g/mol. The number of hydrogen-bond acceptors (Lipinski definition) is 1. The Morgan fingerprint density at radius 2 is 1.07 bits per heavy atom. The maximum atomic E-state index is 2.50. The van der Waals surface area contributed by atoms with Crippen LogP contribution >= 0.6 is 0 Å². The van der Waals surface area contributed by atoms with Crippen LogP contribution in [-0.4, -0.2) is 4.57 Å². The summed E-state index contributed by atoms with van der Waals surface area (Å²) in [4.78, 5) is 2.47. The molecule has 0 amide bonds. The molecule has 0 N–H and O–H groups in total. The smallest absolute Gasteiger partial charge is 0.0546 e. The van der Waals surface area contributed by atoms with E-state index in [1.165, 1.54) is 54.5 Å². The maximum Gasteiger partial charge on any atom is 0.0546 e. The molecule has 0 fully saturated rings. The summed E-state index contributed by atoms with van der Waals surface area (Å²) in [5.74, 6) is 0. The van der Waals surface area contributed by atoms with Crippen LogP contribution in [0.1, 0.15) is 20.8 Å². The summed E-state index contributed by atoms with van der Waals surface area (Å²) in [6.45, 7) is 6.89. The number of rotatable bonds is 4. The minimum atomic E-state index is -0.0948. The van der Waals surface area contributed by atoms with Crippen LogP contribution in [0.5, 0.6) is 0 Å². The molecule has 2 nitrogen and oxygen atoms in total. The van der Waals surface area contributed by atoms with Gasteiger partial charge in [0.1, 0.15) is 0 Å². The molecule has 0 aliphatic carbocycles. The number of anilines is 3. The lowest BCUT2D eigenvalue weighted by Gasteiger charge is -2.30. The van der Waals surface area contributed by atoms with Crippen molar-refractivity contribution in [3.05, 3.63) is 152 Å². The van der Waals surface area contributed by atoms with Gasteiger partial charge in [0, 0.05) is 38.5 Å². The lowest BCUT2D eigenvalue weighted by atomic mass is 9.94. The van der Waals surface area contributed by atoms with Gasteiger partial charge in [0.05, 0.1) is 16.9 Å². The SMILES string of the molecule is CC(C)(C)n1c2ccccc2c2ccc(N(c3ccc4ccccc4c3-c3ccccc3)c3cccc4ccccc34)cc21. The standard InChI is InChI=1S/C42H34N2/c1-42(2,3)44-38-22-12-11-21-35(38)36-26-25-32(28-40(36)44)43(37-23-13-18-29-14-7-9-19-33(29)37)39-27-24-30-15-8-10-20-34(30)41(39)31-16-5-4-6-17-31/h4-28H,1-3H3. The van der Waals surface area contributed by atoms with Gasteiger partial charge < -0.3 is 9.47 Å². The van der Waals surface area contributed by atoms with Crippen LogP contribution in [0.4, 0.5) is 17.1 Å². The molecule has 0 saturated heterocycles. The molecule has 212 valence electrons. The van der Waals surface area contributed by atoms with Crippen molar-refractivity contribution in [1.29, 1.82) is 0 Å². The third kappa shape index (κ3) is 4.18. The van der Waals surface area contributed by atoms with Crippen LogP contribution in [0, 0.1) is 0 Å². The topological polar surface area (TPSA) is 8.17 Å². The molecule has 0 radical (unpaired) electrons. The number of para-hydroxylation sites is 1. The Balaban J connectivity index is 1.50. The number of benzene rings is 7. The van der Waals surface area contributed by atoms with Gasteiger partial charge >= 0.3 is 0 Å². The lowest BCUT2D eigenvalue weighted by molar-refractivity contribution is 0.423. The van der Waals surface area contributed by atoms with Crippen LogP contribution in [0.25, 0.3) is 54.5 Å². The van der Waals surface area contributed by atoms with E-state index in [2.05, 4.69) is 182 Å². The highest BCUT2D eigenvalue weighted by Crippen LogP contribution is 2.47. The molecule has 1 aromatic heterocycles. The Bertz CT molecular complexity index is 2310. The first-order chi connectivity index (χ1) is 21.5. The second-order valence-corrected chi connectivity index (χ2v) is 12.6. The van der Waals surface area contributed by atoms with Gasteiger partial charge in [0.15, 0.2) is 0 Å². The molecule has 44 heavy (non-hydrogen) atoms. The molecular weight excluding hydrogens is 532 g/mol. The molecule has 2 heteroatoms. The van der Waals surface area contributed by atoms with Crippen LogP contribution in [0.2, 0.25) is 0 Å². The highest BCUT2D eigenvalue weighted by atomic mass is 15.2. The Morgan fingerprint density at radius 3 is 1.84 bits per heavy atom.